The molecule has 164 valence electrons. The maximum atomic E-state index is 6.44. The van der Waals surface area contributed by atoms with Crippen LogP contribution in [0.3, 0.4) is 0 Å². The van der Waals surface area contributed by atoms with Crippen molar-refractivity contribution < 1.29 is 14.2 Å². The molecule has 2 aromatic carbocycles. The fourth-order valence-corrected chi connectivity index (χ4v) is 4.02. The van der Waals surface area contributed by atoms with Crippen molar-refractivity contribution >= 4 is 11.6 Å². The quantitative estimate of drug-likeness (QED) is 0.463. The lowest BCUT2D eigenvalue weighted by Crippen LogP contribution is -2.37. The highest BCUT2D eigenvalue weighted by Crippen LogP contribution is 2.31. The first-order chi connectivity index (χ1) is 15.0. The summed E-state index contributed by atoms with van der Waals surface area (Å²) >= 11 is 6.02. The van der Waals surface area contributed by atoms with Gasteiger partial charge in [0.2, 0.25) is 0 Å². The zero-order valence-corrected chi connectivity index (χ0v) is 18.8. The van der Waals surface area contributed by atoms with E-state index >= 15 is 0 Å². The van der Waals surface area contributed by atoms with Crippen LogP contribution in [0.4, 0.5) is 0 Å². The Morgan fingerprint density at radius 1 is 1.19 bits per heavy atom. The van der Waals surface area contributed by atoms with E-state index < -0.39 is 5.79 Å². The number of ether oxygens (including phenoxy) is 3. The number of hydrogen-bond donors (Lipinski definition) is 0. The Kier molecular flexibility index (Phi) is 7.08. The molecule has 31 heavy (non-hydrogen) atoms. The topological polar surface area (TPSA) is 45.5 Å². The molecule has 2 unspecified atom stereocenters. The van der Waals surface area contributed by atoms with Crippen molar-refractivity contribution in [3.8, 4) is 0 Å². The number of nitrogens with zero attached hydrogens (tertiary/aromatic N) is 2. The van der Waals surface area contributed by atoms with Crippen LogP contribution in [0.15, 0.2) is 61.2 Å². The molecule has 5 nitrogen and oxygen atoms in total. The van der Waals surface area contributed by atoms with Gasteiger partial charge in [-0.1, -0.05) is 47.5 Å². The smallest absolute Gasteiger partial charge is 0.187 e. The van der Waals surface area contributed by atoms with Crippen LogP contribution in [0.5, 0.6) is 0 Å². The van der Waals surface area contributed by atoms with Crippen molar-refractivity contribution in [2.75, 3.05) is 13.2 Å². The predicted molar refractivity (Wildman–Crippen MR) is 121 cm³/mol. The minimum Gasteiger partial charge on any atom is -0.374 e. The van der Waals surface area contributed by atoms with E-state index in [1.165, 1.54) is 22.3 Å². The van der Waals surface area contributed by atoms with Gasteiger partial charge >= 0.3 is 0 Å². The zero-order chi connectivity index (χ0) is 21.7. The first kappa shape index (κ1) is 22.0. The molecule has 1 fully saturated rings. The molecular weight excluding hydrogens is 412 g/mol. The van der Waals surface area contributed by atoms with Gasteiger partial charge in [0, 0.05) is 23.8 Å². The van der Waals surface area contributed by atoms with Crippen molar-refractivity contribution in [3.05, 3.63) is 88.5 Å². The standard InChI is InChI=1S/C25H29ClN2O3/c1-19-3-4-20(2)22(13-19)14-29-15-24-16-30-25(31-24,17-28-12-11-27-18-28)10-9-21-5-7-23(26)8-6-21/h3-8,11-13,18,24H,9-10,14-17H2,1-2H3. The fraction of sp³-hybridized carbons (Fsp3) is 0.400. The van der Waals surface area contributed by atoms with Gasteiger partial charge in [-0.15, -0.1) is 0 Å². The average molecular weight is 441 g/mol. The molecular formula is C25H29ClN2O3. The van der Waals surface area contributed by atoms with Crippen molar-refractivity contribution in [2.24, 2.45) is 0 Å². The summed E-state index contributed by atoms with van der Waals surface area (Å²) in [5.74, 6) is -0.701. The van der Waals surface area contributed by atoms with Crippen molar-refractivity contribution in [1.82, 2.24) is 9.55 Å². The number of halogens is 1. The predicted octanol–water partition coefficient (Wildman–Crippen LogP) is 5.11. The van der Waals surface area contributed by atoms with Crippen molar-refractivity contribution in [2.45, 2.75) is 51.7 Å². The minimum atomic E-state index is -0.701. The molecule has 4 rings (SSSR count). The summed E-state index contributed by atoms with van der Waals surface area (Å²) < 4.78 is 20.7. The number of rotatable bonds is 9. The summed E-state index contributed by atoms with van der Waals surface area (Å²) in [6, 6.07) is 14.4. The fourth-order valence-electron chi connectivity index (χ4n) is 3.89. The highest BCUT2D eigenvalue weighted by atomic mass is 35.5. The molecule has 1 saturated heterocycles. The molecule has 2 atom stereocenters. The monoisotopic (exact) mass is 440 g/mol. The third-order valence-electron chi connectivity index (χ3n) is 5.67. The molecule has 3 aromatic rings. The van der Waals surface area contributed by atoms with Crippen LogP contribution in [0.2, 0.25) is 5.02 Å². The van der Waals surface area contributed by atoms with E-state index in [0.29, 0.717) is 26.4 Å². The Labute approximate surface area is 188 Å². The summed E-state index contributed by atoms with van der Waals surface area (Å²) in [7, 11) is 0. The number of aromatic nitrogens is 2. The van der Waals surface area contributed by atoms with Gasteiger partial charge < -0.3 is 18.8 Å². The van der Waals surface area contributed by atoms with Crippen LogP contribution >= 0.6 is 11.6 Å². The Balaban J connectivity index is 1.36. The van der Waals surface area contributed by atoms with E-state index in [1.54, 1.807) is 12.5 Å². The highest BCUT2D eigenvalue weighted by Gasteiger charge is 2.41. The lowest BCUT2D eigenvalue weighted by Gasteiger charge is -2.28. The van der Waals surface area contributed by atoms with Crippen LogP contribution in [-0.4, -0.2) is 34.7 Å². The van der Waals surface area contributed by atoms with E-state index in [1.807, 2.05) is 35.0 Å². The third-order valence-corrected chi connectivity index (χ3v) is 5.92. The molecule has 1 aromatic heterocycles. The van der Waals surface area contributed by atoms with Gasteiger partial charge in [0.25, 0.3) is 0 Å². The summed E-state index contributed by atoms with van der Waals surface area (Å²) in [6.45, 7) is 6.39. The van der Waals surface area contributed by atoms with Crippen LogP contribution in [0.25, 0.3) is 0 Å². The Bertz CT molecular complexity index is 975. The van der Waals surface area contributed by atoms with Crippen LogP contribution in [-0.2, 0) is 33.8 Å². The van der Waals surface area contributed by atoms with Crippen LogP contribution in [0, 0.1) is 13.8 Å². The lowest BCUT2D eigenvalue weighted by molar-refractivity contribution is -0.187. The number of imidazole rings is 1. The molecule has 1 aliphatic heterocycles. The van der Waals surface area contributed by atoms with Gasteiger partial charge in [0.05, 0.1) is 32.7 Å². The SMILES string of the molecule is Cc1ccc(C)c(COCC2COC(CCc3ccc(Cl)cc3)(Cn3ccnc3)O2)c1. The number of hydrogen-bond acceptors (Lipinski definition) is 4. The summed E-state index contributed by atoms with van der Waals surface area (Å²) in [6.07, 6.45) is 6.97. The first-order valence-electron chi connectivity index (χ1n) is 10.7. The summed E-state index contributed by atoms with van der Waals surface area (Å²) in [4.78, 5) is 4.15. The van der Waals surface area contributed by atoms with Gasteiger partial charge in [-0.2, -0.15) is 0 Å². The molecule has 0 amide bonds. The van der Waals surface area contributed by atoms with Gasteiger partial charge in [0.15, 0.2) is 5.79 Å². The molecule has 0 spiro atoms. The molecule has 0 N–H and O–H groups in total. The molecule has 0 bridgehead atoms. The maximum Gasteiger partial charge on any atom is 0.187 e. The molecule has 1 aliphatic rings. The second kappa shape index (κ2) is 9.96. The second-order valence-corrected chi connectivity index (χ2v) is 8.70. The molecule has 0 radical (unpaired) electrons. The lowest BCUT2D eigenvalue weighted by atomic mass is 10.0. The number of aryl methyl sites for hydroxylation is 3. The van der Waals surface area contributed by atoms with Crippen molar-refractivity contribution in [1.29, 1.82) is 0 Å². The molecule has 0 saturated carbocycles. The van der Waals surface area contributed by atoms with Gasteiger partial charge in [-0.3, -0.25) is 0 Å². The van der Waals surface area contributed by atoms with Crippen LogP contribution in [0.1, 0.15) is 28.7 Å². The summed E-state index contributed by atoms with van der Waals surface area (Å²) in [5, 5.41) is 0.742. The Morgan fingerprint density at radius 2 is 2.03 bits per heavy atom. The molecule has 2 heterocycles. The third kappa shape index (κ3) is 5.95. The molecule has 6 heteroatoms. The van der Waals surface area contributed by atoms with E-state index in [9.17, 15) is 0 Å². The average Bonchev–Trinajstić information content (AvgIpc) is 3.41. The Hall–Kier alpha value is -2.18. The second-order valence-electron chi connectivity index (χ2n) is 8.27. The van der Waals surface area contributed by atoms with E-state index in [2.05, 4.69) is 37.0 Å². The minimum absolute atomic E-state index is 0.0983. The van der Waals surface area contributed by atoms with Gasteiger partial charge in [-0.25, -0.2) is 4.98 Å². The normalized spacial score (nSPS) is 20.9. The maximum absolute atomic E-state index is 6.44. The number of benzene rings is 2. The van der Waals surface area contributed by atoms with E-state index in [4.69, 9.17) is 25.8 Å². The largest absolute Gasteiger partial charge is 0.374 e. The van der Waals surface area contributed by atoms with Crippen LogP contribution < -0.4 is 0 Å². The Morgan fingerprint density at radius 3 is 2.81 bits per heavy atom. The van der Waals surface area contributed by atoms with Gasteiger partial charge in [0.1, 0.15) is 6.10 Å². The first-order valence-corrected chi connectivity index (χ1v) is 11.0. The highest BCUT2D eigenvalue weighted by molar-refractivity contribution is 6.30. The van der Waals surface area contributed by atoms with Gasteiger partial charge in [-0.05, 0) is 49.1 Å². The zero-order valence-electron chi connectivity index (χ0n) is 18.1. The molecule has 0 aliphatic carbocycles. The van der Waals surface area contributed by atoms with Crippen molar-refractivity contribution in [3.63, 3.8) is 0 Å². The van der Waals surface area contributed by atoms with E-state index in [-0.39, 0.29) is 6.10 Å². The summed E-state index contributed by atoms with van der Waals surface area (Å²) in [5.41, 5.74) is 4.90. The van der Waals surface area contributed by atoms with E-state index in [0.717, 1.165) is 17.9 Å².